The number of hydrogen-bond donors (Lipinski definition) is 0. The monoisotopic (exact) mass is 404 g/mol. The van der Waals surface area contributed by atoms with Gasteiger partial charge in [0.1, 0.15) is 0 Å². The molecule has 0 bridgehead atoms. The Hall–Kier alpha value is -1.30. The molecule has 0 spiro atoms. The SMILES string of the molecule is CC1CCC(C(C)C)C(c2cc3ccccc3cc2C2CC(C)CCC2C(C)C)C1. The Bertz CT molecular complexity index is 774. The van der Waals surface area contributed by atoms with Crippen LogP contribution >= 0.6 is 0 Å². The van der Waals surface area contributed by atoms with E-state index in [0.29, 0.717) is 0 Å². The van der Waals surface area contributed by atoms with E-state index < -0.39 is 0 Å². The Balaban J connectivity index is 1.87. The Kier molecular flexibility index (Phi) is 6.61. The van der Waals surface area contributed by atoms with E-state index in [2.05, 4.69) is 77.9 Å². The number of rotatable bonds is 4. The summed E-state index contributed by atoms with van der Waals surface area (Å²) in [5.41, 5.74) is 3.45. The highest BCUT2D eigenvalue weighted by molar-refractivity contribution is 5.84. The lowest BCUT2D eigenvalue weighted by atomic mass is 9.62. The highest BCUT2D eigenvalue weighted by Crippen LogP contribution is 2.51. The summed E-state index contributed by atoms with van der Waals surface area (Å²) in [5.74, 6) is 6.39. The summed E-state index contributed by atoms with van der Waals surface area (Å²) in [4.78, 5) is 0. The van der Waals surface area contributed by atoms with Crippen LogP contribution < -0.4 is 0 Å². The van der Waals surface area contributed by atoms with Crippen LogP contribution in [0.1, 0.15) is 103 Å². The van der Waals surface area contributed by atoms with Crippen molar-refractivity contribution in [3.8, 4) is 0 Å². The lowest BCUT2D eigenvalue weighted by Gasteiger charge is -2.43. The standard InChI is InChI=1S/C30H44/c1-19(2)25-13-11-21(5)15-27(25)29-17-23-9-7-8-10-24(23)18-30(29)28-16-22(6)12-14-26(28)20(3)4/h7-10,17-22,25-28H,11-16H2,1-6H3. The summed E-state index contributed by atoms with van der Waals surface area (Å²) in [5, 5.41) is 2.89. The van der Waals surface area contributed by atoms with Gasteiger partial charge in [-0.25, -0.2) is 0 Å². The Morgan fingerprint density at radius 2 is 1.03 bits per heavy atom. The lowest BCUT2D eigenvalue weighted by molar-refractivity contribution is 0.183. The predicted molar refractivity (Wildman–Crippen MR) is 132 cm³/mol. The highest BCUT2D eigenvalue weighted by atomic mass is 14.4. The number of benzene rings is 2. The second-order valence-corrected chi connectivity index (χ2v) is 11.7. The van der Waals surface area contributed by atoms with Gasteiger partial charge in [-0.15, -0.1) is 0 Å². The van der Waals surface area contributed by atoms with Crippen molar-refractivity contribution < 1.29 is 0 Å². The fourth-order valence-electron chi connectivity index (χ4n) is 7.04. The van der Waals surface area contributed by atoms with Gasteiger partial charge < -0.3 is 0 Å². The van der Waals surface area contributed by atoms with Gasteiger partial charge in [0, 0.05) is 0 Å². The minimum Gasteiger partial charge on any atom is -0.0625 e. The summed E-state index contributed by atoms with van der Waals surface area (Å²) in [6.45, 7) is 14.8. The van der Waals surface area contributed by atoms with Gasteiger partial charge in [0.15, 0.2) is 0 Å². The fraction of sp³-hybridized carbons (Fsp3) is 0.667. The number of fused-ring (bicyclic) bond motifs is 1. The minimum absolute atomic E-state index is 0.735. The van der Waals surface area contributed by atoms with Crippen LogP contribution in [0.15, 0.2) is 36.4 Å². The molecule has 2 saturated carbocycles. The molecule has 2 aliphatic rings. The van der Waals surface area contributed by atoms with Crippen LogP contribution in [-0.2, 0) is 0 Å². The van der Waals surface area contributed by atoms with Gasteiger partial charge in [-0.1, -0.05) is 90.8 Å². The van der Waals surface area contributed by atoms with Crippen molar-refractivity contribution in [2.75, 3.05) is 0 Å². The third-order valence-electron chi connectivity index (χ3n) is 8.79. The van der Waals surface area contributed by atoms with Gasteiger partial charge in [-0.3, -0.25) is 0 Å². The molecular formula is C30H44. The van der Waals surface area contributed by atoms with Gasteiger partial charge in [0.25, 0.3) is 0 Å². The minimum atomic E-state index is 0.735. The van der Waals surface area contributed by atoms with Crippen LogP contribution in [0.3, 0.4) is 0 Å². The van der Waals surface area contributed by atoms with Crippen molar-refractivity contribution in [3.63, 3.8) is 0 Å². The Morgan fingerprint density at radius 3 is 1.40 bits per heavy atom. The zero-order valence-electron chi connectivity index (χ0n) is 20.3. The van der Waals surface area contributed by atoms with Gasteiger partial charge in [0.2, 0.25) is 0 Å². The zero-order chi connectivity index (χ0) is 21.4. The van der Waals surface area contributed by atoms with Crippen LogP contribution in [0.2, 0.25) is 0 Å². The smallest absolute Gasteiger partial charge is 0.0126 e. The zero-order valence-corrected chi connectivity index (χ0v) is 20.3. The first-order chi connectivity index (χ1) is 14.3. The maximum atomic E-state index is 2.62. The highest BCUT2D eigenvalue weighted by Gasteiger charge is 2.37. The molecule has 0 heteroatoms. The van der Waals surface area contributed by atoms with E-state index in [1.54, 1.807) is 11.1 Å². The normalized spacial score (nSPS) is 32.8. The molecule has 0 N–H and O–H groups in total. The van der Waals surface area contributed by atoms with Crippen LogP contribution in [0, 0.1) is 35.5 Å². The molecule has 30 heavy (non-hydrogen) atoms. The van der Waals surface area contributed by atoms with Crippen molar-refractivity contribution in [1.82, 2.24) is 0 Å². The van der Waals surface area contributed by atoms with E-state index in [-0.39, 0.29) is 0 Å². The molecule has 0 radical (unpaired) electrons. The molecule has 0 amide bonds. The molecule has 164 valence electrons. The van der Waals surface area contributed by atoms with Gasteiger partial charge in [0.05, 0.1) is 0 Å². The van der Waals surface area contributed by atoms with E-state index in [0.717, 1.165) is 47.3 Å². The quantitative estimate of drug-likeness (QED) is 0.476. The van der Waals surface area contributed by atoms with E-state index in [4.69, 9.17) is 0 Å². The molecule has 2 aliphatic carbocycles. The molecule has 6 unspecified atom stereocenters. The van der Waals surface area contributed by atoms with Crippen molar-refractivity contribution >= 4 is 10.8 Å². The molecule has 2 fully saturated rings. The average molecular weight is 405 g/mol. The average Bonchev–Trinajstić information content (AvgIpc) is 2.72. The molecule has 0 saturated heterocycles. The number of hydrogen-bond acceptors (Lipinski definition) is 0. The second-order valence-electron chi connectivity index (χ2n) is 11.7. The molecular weight excluding hydrogens is 360 g/mol. The van der Waals surface area contributed by atoms with E-state index in [1.165, 1.54) is 49.3 Å². The third-order valence-corrected chi connectivity index (χ3v) is 8.79. The second kappa shape index (κ2) is 9.05. The van der Waals surface area contributed by atoms with Crippen LogP contribution in [0.4, 0.5) is 0 Å². The van der Waals surface area contributed by atoms with Crippen molar-refractivity contribution in [2.24, 2.45) is 35.5 Å². The maximum absolute atomic E-state index is 2.62. The maximum Gasteiger partial charge on any atom is -0.0126 e. The molecule has 0 heterocycles. The van der Waals surface area contributed by atoms with E-state index >= 15 is 0 Å². The van der Waals surface area contributed by atoms with Gasteiger partial charge >= 0.3 is 0 Å². The van der Waals surface area contributed by atoms with E-state index in [9.17, 15) is 0 Å². The Morgan fingerprint density at radius 1 is 0.633 bits per heavy atom. The molecule has 2 aromatic carbocycles. The summed E-state index contributed by atoms with van der Waals surface area (Å²) < 4.78 is 0. The summed E-state index contributed by atoms with van der Waals surface area (Å²) in [6, 6.07) is 14.4. The predicted octanol–water partition coefficient (Wildman–Crippen LogP) is 9.19. The van der Waals surface area contributed by atoms with E-state index in [1.807, 2.05) is 0 Å². The fourth-order valence-corrected chi connectivity index (χ4v) is 7.04. The molecule has 6 atom stereocenters. The third kappa shape index (κ3) is 4.35. The van der Waals surface area contributed by atoms with Crippen LogP contribution in [0.5, 0.6) is 0 Å². The van der Waals surface area contributed by atoms with Gasteiger partial charge in [-0.05, 0) is 94.9 Å². The molecule has 2 aromatic rings. The topological polar surface area (TPSA) is 0 Å². The van der Waals surface area contributed by atoms with Crippen LogP contribution in [-0.4, -0.2) is 0 Å². The Labute approximate surface area is 185 Å². The summed E-state index contributed by atoms with van der Waals surface area (Å²) >= 11 is 0. The van der Waals surface area contributed by atoms with Crippen LogP contribution in [0.25, 0.3) is 10.8 Å². The summed E-state index contributed by atoms with van der Waals surface area (Å²) in [6.07, 6.45) is 8.40. The largest absolute Gasteiger partial charge is 0.0625 e. The molecule has 0 aliphatic heterocycles. The van der Waals surface area contributed by atoms with Crippen molar-refractivity contribution in [3.05, 3.63) is 47.5 Å². The molecule has 4 rings (SSSR count). The van der Waals surface area contributed by atoms with Crippen molar-refractivity contribution in [2.45, 2.75) is 91.9 Å². The lowest BCUT2D eigenvalue weighted by Crippen LogP contribution is -2.30. The molecule has 0 aromatic heterocycles. The van der Waals surface area contributed by atoms with Gasteiger partial charge in [-0.2, -0.15) is 0 Å². The summed E-state index contributed by atoms with van der Waals surface area (Å²) in [7, 11) is 0. The first-order valence-electron chi connectivity index (χ1n) is 12.9. The van der Waals surface area contributed by atoms with Crippen molar-refractivity contribution in [1.29, 1.82) is 0 Å². The molecule has 0 nitrogen and oxygen atoms in total. The first-order valence-corrected chi connectivity index (χ1v) is 12.9. The first kappa shape index (κ1) is 21.9.